The maximum absolute atomic E-state index is 11.9. The average Bonchev–Trinajstić information content (AvgIpc) is 2.75. The Morgan fingerprint density at radius 3 is 2.47 bits per heavy atom. The Kier molecular flexibility index (Phi) is 2.94. The fraction of sp³-hybridized carbons (Fsp3) is 0.556. The lowest BCUT2D eigenvalue weighted by Crippen LogP contribution is -2.42. The van der Waals surface area contributed by atoms with Crippen LogP contribution in [0.2, 0.25) is 0 Å². The summed E-state index contributed by atoms with van der Waals surface area (Å²) in [4.78, 5) is 28.3. The number of hydrogen-bond acceptors (Lipinski definition) is 5. The molecule has 0 unspecified atom stereocenters. The highest BCUT2D eigenvalue weighted by atomic mass is 16.2. The van der Waals surface area contributed by atoms with Crippen LogP contribution >= 0.6 is 0 Å². The summed E-state index contributed by atoms with van der Waals surface area (Å²) in [6.45, 7) is 0.986. The number of piperidine rings is 1. The second-order valence-corrected chi connectivity index (χ2v) is 4.01. The van der Waals surface area contributed by atoms with Gasteiger partial charge < -0.3 is 16.4 Å². The molecular weight excluding hydrogens is 224 g/mol. The van der Waals surface area contributed by atoms with Crippen LogP contribution in [0.15, 0.2) is 0 Å². The molecule has 2 rings (SSSR count). The topological polar surface area (TPSA) is 131 Å². The van der Waals surface area contributed by atoms with E-state index in [0.717, 1.165) is 0 Å². The number of anilines is 1. The van der Waals surface area contributed by atoms with Crippen LogP contribution in [0.3, 0.4) is 0 Å². The zero-order valence-electron chi connectivity index (χ0n) is 9.22. The molecule has 8 heteroatoms. The van der Waals surface area contributed by atoms with Crippen molar-refractivity contribution < 1.29 is 9.59 Å². The van der Waals surface area contributed by atoms with Crippen LogP contribution in [0.4, 0.5) is 5.95 Å². The molecule has 1 aliphatic heterocycles. The van der Waals surface area contributed by atoms with Crippen LogP contribution in [-0.4, -0.2) is 45.0 Å². The summed E-state index contributed by atoms with van der Waals surface area (Å²) >= 11 is 0. The van der Waals surface area contributed by atoms with E-state index < -0.39 is 0 Å². The minimum Gasteiger partial charge on any atom is -0.369 e. The summed E-state index contributed by atoms with van der Waals surface area (Å²) in [6.07, 6.45) is 1.18. The highest BCUT2D eigenvalue weighted by Crippen LogP contribution is 2.17. The second-order valence-electron chi connectivity index (χ2n) is 4.01. The van der Waals surface area contributed by atoms with E-state index in [0.29, 0.717) is 25.9 Å². The fourth-order valence-electron chi connectivity index (χ4n) is 1.89. The predicted octanol–water partition coefficient (Wildman–Crippen LogP) is -1.28. The van der Waals surface area contributed by atoms with Gasteiger partial charge in [-0.2, -0.15) is 4.98 Å². The number of aromatic amines is 1. The first-order valence-corrected chi connectivity index (χ1v) is 5.34. The molecule has 8 nitrogen and oxygen atoms in total. The highest BCUT2D eigenvalue weighted by molar-refractivity contribution is 5.90. The van der Waals surface area contributed by atoms with Gasteiger partial charge in [-0.25, -0.2) is 0 Å². The third kappa shape index (κ3) is 2.35. The molecule has 0 radical (unpaired) electrons. The SMILES string of the molecule is NC(=O)C1CCN(C(=O)c2nc(N)n[nH]2)CC1. The maximum Gasteiger partial charge on any atom is 0.291 e. The van der Waals surface area contributed by atoms with Crippen molar-refractivity contribution in [3.63, 3.8) is 0 Å². The zero-order chi connectivity index (χ0) is 12.4. The summed E-state index contributed by atoms with van der Waals surface area (Å²) < 4.78 is 0. The summed E-state index contributed by atoms with van der Waals surface area (Å²) in [6, 6.07) is 0. The monoisotopic (exact) mass is 238 g/mol. The lowest BCUT2D eigenvalue weighted by molar-refractivity contribution is -0.123. The quantitative estimate of drug-likeness (QED) is 0.590. The Morgan fingerprint density at radius 1 is 1.35 bits per heavy atom. The van der Waals surface area contributed by atoms with E-state index in [-0.39, 0.29) is 29.5 Å². The molecule has 5 N–H and O–H groups in total. The van der Waals surface area contributed by atoms with Crippen molar-refractivity contribution in [2.24, 2.45) is 11.7 Å². The van der Waals surface area contributed by atoms with Crippen LogP contribution in [0, 0.1) is 5.92 Å². The predicted molar refractivity (Wildman–Crippen MR) is 58.6 cm³/mol. The number of nitrogens with zero attached hydrogens (tertiary/aromatic N) is 3. The van der Waals surface area contributed by atoms with Crippen molar-refractivity contribution in [1.82, 2.24) is 20.1 Å². The molecule has 1 aromatic rings. The number of carbonyl (C=O) groups excluding carboxylic acids is 2. The first kappa shape index (κ1) is 11.4. The van der Waals surface area contributed by atoms with Crippen LogP contribution < -0.4 is 11.5 Å². The van der Waals surface area contributed by atoms with Crippen LogP contribution in [-0.2, 0) is 4.79 Å². The Labute approximate surface area is 97.4 Å². The van der Waals surface area contributed by atoms with Gasteiger partial charge in [0.1, 0.15) is 0 Å². The van der Waals surface area contributed by atoms with Crippen molar-refractivity contribution >= 4 is 17.8 Å². The Morgan fingerprint density at radius 2 is 2.00 bits per heavy atom. The van der Waals surface area contributed by atoms with Crippen LogP contribution in [0.5, 0.6) is 0 Å². The summed E-state index contributed by atoms with van der Waals surface area (Å²) in [7, 11) is 0. The average molecular weight is 238 g/mol. The molecule has 1 fully saturated rings. The fourth-order valence-corrected chi connectivity index (χ4v) is 1.89. The molecule has 92 valence electrons. The number of aromatic nitrogens is 3. The molecule has 2 heterocycles. The van der Waals surface area contributed by atoms with Crippen LogP contribution in [0.25, 0.3) is 0 Å². The van der Waals surface area contributed by atoms with Gasteiger partial charge in [0.05, 0.1) is 0 Å². The second kappa shape index (κ2) is 4.40. The van der Waals surface area contributed by atoms with Gasteiger partial charge in [-0.15, -0.1) is 5.10 Å². The van der Waals surface area contributed by atoms with Crippen molar-refractivity contribution in [1.29, 1.82) is 0 Å². The molecule has 0 aliphatic carbocycles. The normalized spacial score (nSPS) is 17.1. The van der Waals surface area contributed by atoms with Gasteiger partial charge in [0.25, 0.3) is 5.91 Å². The highest BCUT2D eigenvalue weighted by Gasteiger charge is 2.27. The van der Waals surface area contributed by atoms with Crippen LogP contribution in [0.1, 0.15) is 23.5 Å². The van der Waals surface area contributed by atoms with Gasteiger partial charge in [-0.3, -0.25) is 14.7 Å². The Bertz CT molecular complexity index is 434. The molecule has 17 heavy (non-hydrogen) atoms. The summed E-state index contributed by atoms with van der Waals surface area (Å²) in [5, 5.41) is 6.06. The number of hydrogen-bond donors (Lipinski definition) is 3. The number of primary amides is 1. The first-order chi connectivity index (χ1) is 8.08. The van der Waals surface area contributed by atoms with Gasteiger partial charge >= 0.3 is 0 Å². The number of H-pyrrole nitrogens is 1. The number of nitrogens with one attached hydrogen (secondary N) is 1. The molecule has 0 saturated carbocycles. The molecule has 0 aromatic carbocycles. The number of amides is 2. The number of carbonyl (C=O) groups is 2. The van der Waals surface area contributed by atoms with E-state index in [2.05, 4.69) is 15.2 Å². The van der Waals surface area contributed by atoms with Gasteiger partial charge in [0, 0.05) is 19.0 Å². The van der Waals surface area contributed by atoms with E-state index in [9.17, 15) is 9.59 Å². The Hall–Kier alpha value is -2.12. The van der Waals surface area contributed by atoms with Crippen molar-refractivity contribution in [3.8, 4) is 0 Å². The molecule has 1 aliphatic rings. The number of nitrogens with two attached hydrogens (primary N) is 2. The van der Waals surface area contributed by atoms with Gasteiger partial charge in [0.15, 0.2) is 0 Å². The minimum absolute atomic E-state index is 0.0420. The Balaban J connectivity index is 1.97. The molecule has 0 atom stereocenters. The lowest BCUT2D eigenvalue weighted by atomic mass is 9.96. The molecule has 1 saturated heterocycles. The van der Waals surface area contributed by atoms with Gasteiger partial charge in [-0.1, -0.05) is 0 Å². The molecule has 0 spiro atoms. The molecular formula is C9H14N6O2. The van der Waals surface area contributed by atoms with E-state index in [4.69, 9.17) is 11.5 Å². The zero-order valence-corrected chi connectivity index (χ0v) is 9.22. The summed E-state index contributed by atoms with van der Waals surface area (Å²) in [5.74, 6) is -0.530. The molecule has 2 amide bonds. The van der Waals surface area contributed by atoms with Gasteiger partial charge in [-0.05, 0) is 12.8 Å². The number of likely N-dealkylation sites (tertiary alicyclic amines) is 1. The van der Waals surface area contributed by atoms with Gasteiger partial charge in [0.2, 0.25) is 17.7 Å². The smallest absolute Gasteiger partial charge is 0.291 e. The van der Waals surface area contributed by atoms with E-state index >= 15 is 0 Å². The third-order valence-electron chi connectivity index (χ3n) is 2.89. The third-order valence-corrected chi connectivity index (χ3v) is 2.89. The molecule has 1 aromatic heterocycles. The van der Waals surface area contributed by atoms with E-state index in [1.165, 1.54) is 0 Å². The lowest BCUT2D eigenvalue weighted by Gasteiger charge is -2.29. The van der Waals surface area contributed by atoms with Crippen molar-refractivity contribution in [3.05, 3.63) is 5.82 Å². The number of rotatable bonds is 2. The summed E-state index contributed by atoms with van der Waals surface area (Å²) in [5.41, 5.74) is 10.5. The van der Waals surface area contributed by atoms with E-state index in [1.54, 1.807) is 4.90 Å². The number of nitrogen functional groups attached to an aromatic ring is 1. The standard InChI is InChI=1S/C9H14N6O2/c10-6(16)5-1-3-15(4-2-5)8(17)7-12-9(11)14-13-7/h5H,1-4H2,(H2,10,16)(H3,11,12,13,14). The van der Waals surface area contributed by atoms with Crippen molar-refractivity contribution in [2.75, 3.05) is 18.8 Å². The largest absolute Gasteiger partial charge is 0.369 e. The minimum atomic E-state index is -0.305. The molecule has 0 bridgehead atoms. The first-order valence-electron chi connectivity index (χ1n) is 5.34. The maximum atomic E-state index is 11.9. The van der Waals surface area contributed by atoms with E-state index in [1.807, 2.05) is 0 Å². The van der Waals surface area contributed by atoms with Crippen molar-refractivity contribution in [2.45, 2.75) is 12.8 Å².